The van der Waals surface area contributed by atoms with Crippen LogP contribution in [0.3, 0.4) is 0 Å². The molecule has 0 fully saturated rings. The summed E-state index contributed by atoms with van der Waals surface area (Å²) in [5.41, 5.74) is 4.83. The van der Waals surface area contributed by atoms with Gasteiger partial charge in [0.2, 0.25) is 0 Å². The molecule has 1 N–H and O–H groups in total. The summed E-state index contributed by atoms with van der Waals surface area (Å²) in [5, 5.41) is 4.83. The SMILES string of the molecule is Cc1ccccc1C(=O)N1CCc2ccc(CNC(=O)c3cccs3)cc21. The number of aryl methyl sites for hydroxylation is 1. The van der Waals surface area contributed by atoms with E-state index in [2.05, 4.69) is 11.4 Å². The molecule has 0 saturated heterocycles. The van der Waals surface area contributed by atoms with Crippen molar-refractivity contribution in [1.82, 2.24) is 5.32 Å². The molecule has 2 heterocycles. The normalized spacial score (nSPS) is 12.7. The molecule has 0 aliphatic carbocycles. The van der Waals surface area contributed by atoms with Crippen LogP contribution in [0.1, 0.15) is 36.7 Å². The summed E-state index contributed by atoms with van der Waals surface area (Å²) >= 11 is 1.42. The first-order chi connectivity index (χ1) is 13.1. The van der Waals surface area contributed by atoms with Crippen molar-refractivity contribution in [1.29, 1.82) is 0 Å². The summed E-state index contributed by atoms with van der Waals surface area (Å²) in [7, 11) is 0. The molecule has 1 aliphatic rings. The van der Waals surface area contributed by atoms with Gasteiger partial charge < -0.3 is 10.2 Å². The molecular weight excluding hydrogens is 356 g/mol. The van der Waals surface area contributed by atoms with E-state index >= 15 is 0 Å². The van der Waals surface area contributed by atoms with Crippen LogP contribution in [-0.4, -0.2) is 18.4 Å². The molecule has 3 aromatic rings. The fourth-order valence-electron chi connectivity index (χ4n) is 3.38. The van der Waals surface area contributed by atoms with Gasteiger partial charge >= 0.3 is 0 Å². The van der Waals surface area contributed by atoms with Crippen LogP contribution in [0.2, 0.25) is 0 Å². The Kier molecular flexibility index (Phi) is 4.77. The van der Waals surface area contributed by atoms with E-state index in [9.17, 15) is 9.59 Å². The van der Waals surface area contributed by atoms with E-state index in [1.807, 2.05) is 65.7 Å². The van der Waals surface area contributed by atoms with Crippen LogP contribution in [0.15, 0.2) is 60.0 Å². The average molecular weight is 376 g/mol. The smallest absolute Gasteiger partial charge is 0.261 e. The fraction of sp³-hybridized carbons (Fsp3) is 0.182. The molecule has 27 heavy (non-hydrogen) atoms. The lowest BCUT2D eigenvalue weighted by Crippen LogP contribution is -2.29. The number of carbonyl (C=O) groups excluding carboxylic acids is 2. The van der Waals surface area contributed by atoms with Crippen molar-refractivity contribution >= 4 is 28.8 Å². The molecule has 4 nitrogen and oxygen atoms in total. The van der Waals surface area contributed by atoms with Gasteiger partial charge in [-0.05, 0) is 53.6 Å². The van der Waals surface area contributed by atoms with Crippen molar-refractivity contribution in [3.8, 4) is 0 Å². The van der Waals surface area contributed by atoms with Crippen molar-refractivity contribution in [3.63, 3.8) is 0 Å². The Morgan fingerprint density at radius 3 is 2.74 bits per heavy atom. The van der Waals surface area contributed by atoms with E-state index in [0.29, 0.717) is 18.0 Å². The maximum absolute atomic E-state index is 13.0. The first kappa shape index (κ1) is 17.5. The van der Waals surface area contributed by atoms with E-state index in [0.717, 1.165) is 28.8 Å². The van der Waals surface area contributed by atoms with Crippen LogP contribution >= 0.6 is 11.3 Å². The highest BCUT2D eigenvalue weighted by Gasteiger charge is 2.26. The maximum atomic E-state index is 13.0. The van der Waals surface area contributed by atoms with Gasteiger partial charge in [-0.25, -0.2) is 0 Å². The zero-order valence-electron chi connectivity index (χ0n) is 15.1. The molecular formula is C22H20N2O2S. The topological polar surface area (TPSA) is 49.4 Å². The van der Waals surface area contributed by atoms with Gasteiger partial charge in [-0.2, -0.15) is 0 Å². The van der Waals surface area contributed by atoms with Crippen LogP contribution in [0.5, 0.6) is 0 Å². The Morgan fingerprint density at radius 1 is 1.11 bits per heavy atom. The van der Waals surface area contributed by atoms with Crippen molar-refractivity contribution in [2.75, 3.05) is 11.4 Å². The number of carbonyl (C=O) groups is 2. The van der Waals surface area contributed by atoms with Crippen LogP contribution < -0.4 is 10.2 Å². The number of nitrogens with zero attached hydrogens (tertiary/aromatic N) is 1. The second kappa shape index (κ2) is 7.37. The lowest BCUT2D eigenvalue weighted by Gasteiger charge is -2.19. The van der Waals surface area contributed by atoms with Gasteiger partial charge in [0.25, 0.3) is 11.8 Å². The zero-order chi connectivity index (χ0) is 18.8. The summed E-state index contributed by atoms with van der Waals surface area (Å²) in [5.74, 6) is -0.0371. The molecule has 0 radical (unpaired) electrons. The minimum absolute atomic E-state index is 0.0339. The lowest BCUT2D eigenvalue weighted by molar-refractivity contribution is 0.0953. The number of hydrogen-bond acceptors (Lipinski definition) is 3. The Balaban J connectivity index is 1.53. The number of fused-ring (bicyclic) bond motifs is 1. The van der Waals surface area contributed by atoms with Crippen molar-refractivity contribution in [3.05, 3.63) is 87.1 Å². The molecule has 2 amide bonds. The Morgan fingerprint density at radius 2 is 1.96 bits per heavy atom. The molecule has 1 aliphatic heterocycles. The Labute approximate surface area is 162 Å². The van der Waals surface area contributed by atoms with E-state index in [1.165, 1.54) is 16.9 Å². The van der Waals surface area contributed by atoms with E-state index < -0.39 is 0 Å². The molecule has 0 bridgehead atoms. The highest BCUT2D eigenvalue weighted by molar-refractivity contribution is 7.12. The van der Waals surface area contributed by atoms with Gasteiger partial charge in [-0.1, -0.05) is 36.4 Å². The largest absolute Gasteiger partial charge is 0.347 e. The monoisotopic (exact) mass is 376 g/mol. The van der Waals surface area contributed by atoms with Crippen LogP contribution in [0.25, 0.3) is 0 Å². The van der Waals surface area contributed by atoms with Gasteiger partial charge in [0.15, 0.2) is 0 Å². The number of amides is 2. The minimum atomic E-state index is -0.0710. The van der Waals surface area contributed by atoms with Crippen molar-refractivity contribution < 1.29 is 9.59 Å². The summed E-state index contributed by atoms with van der Waals surface area (Å²) in [6.45, 7) is 3.09. The quantitative estimate of drug-likeness (QED) is 0.742. The van der Waals surface area contributed by atoms with Gasteiger partial charge in [0.05, 0.1) is 4.88 Å². The second-order valence-corrected chi connectivity index (χ2v) is 7.59. The number of hydrogen-bond donors (Lipinski definition) is 1. The minimum Gasteiger partial charge on any atom is -0.347 e. The average Bonchev–Trinajstić information content (AvgIpc) is 3.35. The van der Waals surface area contributed by atoms with Crippen LogP contribution in [-0.2, 0) is 13.0 Å². The predicted molar refractivity (Wildman–Crippen MR) is 108 cm³/mol. The van der Waals surface area contributed by atoms with Gasteiger partial charge in [-0.3, -0.25) is 9.59 Å². The number of nitrogens with one attached hydrogen (secondary N) is 1. The number of rotatable bonds is 4. The Hall–Kier alpha value is -2.92. The van der Waals surface area contributed by atoms with E-state index in [4.69, 9.17) is 0 Å². The predicted octanol–water partition coefficient (Wildman–Crippen LogP) is 4.19. The summed E-state index contributed by atoms with van der Waals surface area (Å²) in [6, 6.07) is 17.5. The molecule has 0 saturated carbocycles. The number of anilines is 1. The first-order valence-corrected chi connectivity index (χ1v) is 9.82. The summed E-state index contributed by atoms with van der Waals surface area (Å²) in [6.07, 6.45) is 0.856. The maximum Gasteiger partial charge on any atom is 0.261 e. The first-order valence-electron chi connectivity index (χ1n) is 8.94. The molecule has 136 valence electrons. The highest BCUT2D eigenvalue weighted by atomic mass is 32.1. The molecule has 4 rings (SSSR count). The third-order valence-corrected chi connectivity index (χ3v) is 5.73. The fourth-order valence-corrected chi connectivity index (χ4v) is 4.02. The van der Waals surface area contributed by atoms with Crippen LogP contribution in [0, 0.1) is 6.92 Å². The third kappa shape index (κ3) is 3.51. The Bertz CT molecular complexity index is 995. The van der Waals surface area contributed by atoms with Gasteiger partial charge in [0.1, 0.15) is 0 Å². The van der Waals surface area contributed by atoms with Crippen molar-refractivity contribution in [2.24, 2.45) is 0 Å². The van der Waals surface area contributed by atoms with Crippen LogP contribution in [0.4, 0.5) is 5.69 Å². The number of benzene rings is 2. The molecule has 2 aromatic carbocycles. The number of thiophene rings is 1. The third-order valence-electron chi connectivity index (χ3n) is 4.86. The molecule has 5 heteroatoms. The summed E-state index contributed by atoms with van der Waals surface area (Å²) < 4.78 is 0. The molecule has 0 spiro atoms. The molecule has 1 aromatic heterocycles. The summed E-state index contributed by atoms with van der Waals surface area (Å²) in [4.78, 5) is 27.7. The van der Waals surface area contributed by atoms with E-state index in [-0.39, 0.29) is 11.8 Å². The van der Waals surface area contributed by atoms with Gasteiger partial charge in [-0.15, -0.1) is 11.3 Å². The lowest BCUT2D eigenvalue weighted by atomic mass is 10.1. The molecule has 0 unspecified atom stereocenters. The van der Waals surface area contributed by atoms with Crippen molar-refractivity contribution in [2.45, 2.75) is 19.9 Å². The second-order valence-electron chi connectivity index (χ2n) is 6.64. The van der Waals surface area contributed by atoms with E-state index in [1.54, 1.807) is 0 Å². The zero-order valence-corrected chi connectivity index (χ0v) is 15.9. The van der Waals surface area contributed by atoms with Gasteiger partial charge in [0, 0.05) is 24.3 Å². The standard InChI is InChI=1S/C22H20N2O2S/c1-15-5-2-3-6-18(15)22(26)24-11-10-17-9-8-16(13-19(17)24)14-23-21(25)20-7-4-12-27-20/h2-9,12-13H,10-11,14H2,1H3,(H,23,25). The highest BCUT2D eigenvalue weighted by Crippen LogP contribution is 2.31. The molecule has 0 atom stereocenters.